The Bertz CT molecular complexity index is 810. The molecule has 158 valence electrons. The van der Waals surface area contributed by atoms with Crippen LogP contribution in [0.1, 0.15) is 46.5 Å². The number of aliphatic hydroxyl groups is 2. The van der Waals surface area contributed by atoms with Gasteiger partial charge in [0.1, 0.15) is 0 Å². The van der Waals surface area contributed by atoms with Gasteiger partial charge in [0.15, 0.2) is 5.78 Å². The van der Waals surface area contributed by atoms with Crippen molar-refractivity contribution in [1.29, 1.82) is 0 Å². The van der Waals surface area contributed by atoms with Crippen LogP contribution >= 0.6 is 0 Å². The third-order valence-electron chi connectivity index (χ3n) is 8.93. The number of aliphatic hydroxyl groups excluding tert-OH is 2. The second kappa shape index (κ2) is 6.92. The number of carbonyl (C=O) groups is 2. The minimum absolute atomic E-state index is 0.00748. The Morgan fingerprint density at radius 3 is 2.69 bits per heavy atom. The van der Waals surface area contributed by atoms with Gasteiger partial charge in [-0.3, -0.25) is 4.79 Å². The van der Waals surface area contributed by atoms with Crippen molar-refractivity contribution in [2.24, 2.45) is 40.4 Å². The summed E-state index contributed by atoms with van der Waals surface area (Å²) in [5.41, 5.74) is 0.303. The number of aliphatic carboxylic acids is 1. The van der Waals surface area contributed by atoms with E-state index in [1.165, 1.54) is 0 Å². The van der Waals surface area contributed by atoms with Gasteiger partial charge in [0, 0.05) is 10.8 Å². The summed E-state index contributed by atoms with van der Waals surface area (Å²) in [7, 11) is 0. The molecule has 0 unspecified atom stereocenters. The fourth-order valence-electron chi connectivity index (χ4n) is 7.40. The number of carboxylic acid groups (broad SMARTS) is 1. The van der Waals surface area contributed by atoms with E-state index in [0.29, 0.717) is 12.8 Å². The SMILES string of the molecule is C[C@H](/C=C/C(=O)[O-])[C@H]1CC[C@H]2[C@@H]3[C@H](O)CC4=CC(=O)C=C[C@]4(C)[C@H]3C[C@H](O)[C@]12C. The number of ketones is 1. The van der Waals surface area contributed by atoms with E-state index in [2.05, 4.69) is 13.8 Å². The molecule has 0 aromatic carbocycles. The van der Waals surface area contributed by atoms with E-state index in [1.807, 2.05) is 13.0 Å². The quantitative estimate of drug-likeness (QED) is 0.705. The number of allylic oxidation sites excluding steroid dienone is 4. The van der Waals surface area contributed by atoms with Crippen LogP contribution < -0.4 is 5.11 Å². The highest BCUT2D eigenvalue weighted by molar-refractivity contribution is 6.01. The van der Waals surface area contributed by atoms with Crippen LogP contribution in [-0.2, 0) is 9.59 Å². The molecule has 0 saturated heterocycles. The zero-order valence-electron chi connectivity index (χ0n) is 17.4. The Balaban J connectivity index is 1.69. The third-order valence-corrected chi connectivity index (χ3v) is 8.93. The van der Waals surface area contributed by atoms with Crippen molar-refractivity contribution in [3.05, 3.63) is 36.0 Å². The molecule has 0 aliphatic heterocycles. The molecule has 0 spiro atoms. The molecule has 0 heterocycles. The van der Waals surface area contributed by atoms with Crippen LogP contribution in [0.4, 0.5) is 0 Å². The Morgan fingerprint density at radius 1 is 1.28 bits per heavy atom. The van der Waals surface area contributed by atoms with Crippen molar-refractivity contribution in [2.45, 2.75) is 58.7 Å². The zero-order chi connectivity index (χ0) is 21.1. The number of rotatable bonds is 3. The molecule has 29 heavy (non-hydrogen) atoms. The van der Waals surface area contributed by atoms with Crippen LogP contribution in [0.3, 0.4) is 0 Å². The third kappa shape index (κ3) is 2.97. The van der Waals surface area contributed by atoms with Gasteiger partial charge in [-0.05, 0) is 73.5 Å². The highest BCUT2D eigenvalue weighted by atomic mass is 16.4. The van der Waals surface area contributed by atoms with Crippen molar-refractivity contribution in [3.63, 3.8) is 0 Å². The van der Waals surface area contributed by atoms with E-state index in [0.717, 1.165) is 24.5 Å². The maximum Gasteiger partial charge on any atom is 0.178 e. The van der Waals surface area contributed by atoms with Gasteiger partial charge >= 0.3 is 0 Å². The summed E-state index contributed by atoms with van der Waals surface area (Å²) >= 11 is 0. The molecule has 0 aromatic heterocycles. The minimum atomic E-state index is -1.20. The first-order chi connectivity index (χ1) is 13.6. The lowest BCUT2D eigenvalue weighted by Crippen LogP contribution is -2.59. The number of hydrogen-bond donors (Lipinski definition) is 2. The smallest absolute Gasteiger partial charge is 0.178 e. The summed E-state index contributed by atoms with van der Waals surface area (Å²) in [6, 6.07) is 0. The van der Waals surface area contributed by atoms with E-state index in [1.54, 1.807) is 18.2 Å². The van der Waals surface area contributed by atoms with Crippen LogP contribution in [0.5, 0.6) is 0 Å². The van der Waals surface area contributed by atoms with Gasteiger partial charge in [-0.25, -0.2) is 0 Å². The normalized spacial score (nSPS) is 47.3. The van der Waals surface area contributed by atoms with E-state index in [9.17, 15) is 24.9 Å². The average molecular weight is 400 g/mol. The highest BCUT2D eigenvalue weighted by Gasteiger charge is 2.64. The molecule has 9 atom stereocenters. The summed E-state index contributed by atoms with van der Waals surface area (Å²) in [6.07, 6.45) is 9.90. The summed E-state index contributed by atoms with van der Waals surface area (Å²) in [6.45, 7) is 6.27. The maximum absolute atomic E-state index is 11.9. The number of fused-ring (bicyclic) bond motifs is 5. The van der Waals surface area contributed by atoms with Crippen molar-refractivity contribution in [3.8, 4) is 0 Å². The molecule has 3 fully saturated rings. The summed E-state index contributed by atoms with van der Waals surface area (Å²) in [5, 5.41) is 33.4. The standard InChI is InChI=1S/C24H32O5/c1-13(4-7-21(28)29)16-5-6-17-22-18(12-20(27)24(16,17)3)23(2)9-8-15(25)10-14(23)11-19(22)26/h4,7-10,13,16-20,22,26-27H,5-6,11-12H2,1-3H3,(H,28,29)/p-1/b7-4+/t13-,16-,17+,18+,19-,20+,22+,23+,24-/m1/s1. The number of carboxylic acids is 1. The van der Waals surface area contributed by atoms with Crippen molar-refractivity contribution < 1.29 is 24.9 Å². The van der Waals surface area contributed by atoms with Crippen LogP contribution in [0.15, 0.2) is 36.0 Å². The monoisotopic (exact) mass is 399 g/mol. The molecule has 4 aliphatic carbocycles. The molecule has 3 saturated carbocycles. The molecule has 0 amide bonds. The van der Waals surface area contributed by atoms with Gasteiger partial charge in [-0.2, -0.15) is 0 Å². The number of hydrogen-bond acceptors (Lipinski definition) is 5. The summed E-state index contributed by atoms with van der Waals surface area (Å²) in [4.78, 5) is 22.8. The second-order valence-corrected chi connectivity index (χ2v) is 10.1. The summed E-state index contributed by atoms with van der Waals surface area (Å²) < 4.78 is 0. The molecule has 0 bridgehead atoms. The van der Waals surface area contributed by atoms with Gasteiger partial charge < -0.3 is 20.1 Å². The fourth-order valence-corrected chi connectivity index (χ4v) is 7.40. The minimum Gasteiger partial charge on any atom is -0.545 e. The Morgan fingerprint density at radius 2 is 2.00 bits per heavy atom. The first kappa shape index (κ1) is 20.5. The van der Waals surface area contributed by atoms with Crippen molar-refractivity contribution in [1.82, 2.24) is 0 Å². The van der Waals surface area contributed by atoms with Crippen molar-refractivity contribution >= 4 is 11.8 Å². The molecular weight excluding hydrogens is 368 g/mol. The molecule has 5 heteroatoms. The molecule has 2 N–H and O–H groups in total. The van der Waals surface area contributed by atoms with Crippen LogP contribution in [0.25, 0.3) is 0 Å². The van der Waals surface area contributed by atoms with Gasteiger partial charge in [0.2, 0.25) is 0 Å². The molecule has 4 aliphatic rings. The van der Waals surface area contributed by atoms with Crippen LogP contribution in [-0.4, -0.2) is 34.2 Å². The lowest BCUT2D eigenvalue weighted by Gasteiger charge is -2.60. The molecule has 5 nitrogen and oxygen atoms in total. The molecule has 0 radical (unpaired) electrons. The van der Waals surface area contributed by atoms with E-state index < -0.39 is 18.2 Å². The molecule has 0 aromatic rings. The Hall–Kier alpha value is -1.72. The average Bonchev–Trinajstić information content (AvgIpc) is 3.01. The second-order valence-electron chi connectivity index (χ2n) is 10.1. The topological polar surface area (TPSA) is 97.7 Å². The van der Waals surface area contributed by atoms with Gasteiger partial charge in [-0.15, -0.1) is 0 Å². The predicted molar refractivity (Wildman–Crippen MR) is 106 cm³/mol. The van der Waals surface area contributed by atoms with Gasteiger partial charge in [0.25, 0.3) is 0 Å². The largest absolute Gasteiger partial charge is 0.545 e. The van der Waals surface area contributed by atoms with E-state index in [-0.39, 0.29) is 46.2 Å². The van der Waals surface area contributed by atoms with Crippen LogP contribution in [0.2, 0.25) is 0 Å². The number of carbonyl (C=O) groups excluding carboxylic acids is 2. The Kier molecular flexibility index (Phi) is 4.90. The summed E-state index contributed by atoms with van der Waals surface area (Å²) in [5.74, 6) is -0.756. The Labute approximate surface area is 172 Å². The predicted octanol–water partition coefficient (Wildman–Crippen LogP) is 1.79. The van der Waals surface area contributed by atoms with E-state index >= 15 is 0 Å². The van der Waals surface area contributed by atoms with Gasteiger partial charge in [-0.1, -0.05) is 38.5 Å². The van der Waals surface area contributed by atoms with Crippen molar-refractivity contribution in [2.75, 3.05) is 0 Å². The fraction of sp³-hybridized carbons (Fsp3) is 0.667. The highest BCUT2D eigenvalue weighted by Crippen LogP contribution is 2.66. The van der Waals surface area contributed by atoms with Crippen LogP contribution in [0, 0.1) is 40.4 Å². The van der Waals surface area contributed by atoms with Gasteiger partial charge in [0.05, 0.1) is 18.2 Å². The first-order valence-corrected chi connectivity index (χ1v) is 10.8. The molecular formula is C24H31O5-. The first-order valence-electron chi connectivity index (χ1n) is 10.8. The lowest BCUT2D eigenvalue weighted by molar-refractivity contribution is -0.297. The molecule has 4 rings (SSSR count). The zero-order valence-corrected chi connectivity index (χ0v) is 17.4. The van der Waals surface area contributed by atoms with E-state index in [4.69, 9.17) is 0 Å². The maximum atomic E-state index is 11.9. The lowest BCUT2D eigenvalue weighted by atomic mass is 9.46.